The molecule has 2 N–H and O–H groups in total. The first-order valence-corrected chi connectivity index (χ1v) is 6.68. The molecular weight excluding hydrogens is 295 g/mol. The molecule has 6 heteroatoms. The monoisotopic (exact) mass is 306 g/mol. The van der Waals surface area contributed by atoms with Crippen molar-refractivity contribution in [2.45, 2.75) is 6.54 Å². The number of carbonyl (C=O) groups is 1. The van der Waals surface area contributed by atoms with E-state index in [0.717, 1.165) is 0 Å². The lowest BCUT2D eigenvalue weighted by Gasteiger charge is -2.29. The van der Waals surface area contributed by atoms with Crippen LogP contribution in [0.2, 0.25) is 5.02 Å². The van der Waals surface area contributed by atoms with Gasteiger partial charge >= 0.3 is 0 Å². The Morgan fingerprint density at radius 3 is 2.86 bits per heavy atom. The van der Waals surface area contributed by atoms with Crippen LogP contribution in [0.1, 0.15) is 5.56 Å². The van der Waals surface area contributed by atoms with Crippen LogP contribution in [0.4, 0.5) is 15.8 Å². The lowest BCUT2D eigenvalue weighted by molar-refractivity contribution is -0.121. The number of nitrogens with zero attached hydrogens (tertiary/aromatic N) is 1. The third-order valence-corrected chi connectivity index (χ3v) is 3.42. The van der Waals surface area contributed by atoms with Crippen molar-refractivity contribution in [2.75, 3.05) is 17.2 Å². The van der Waals surface area contributed by atoms with E-state index in [1.54, 1.807) is 24.3 Å². The van der Waals surface area contributed by atoms with Crippen molar-refractivity contribution in [3.63, 3.8) is 0 Å². The molecule has 1 aliphatic heterocycles. The molecule has 2 aromatic rings. The largest absolute Gasteiger partial charge is 0.482 e. The lowest BCUT2D eigenvalue weighted by atomic mass is 10.1. The van der Waals surface area contributed by atoms with Gasteiger partial charge < -0.3 is 15.4 Å². The Bertz CT molecular complexity index is 701. The predicted molar refractivity (Wildman–Crippen MR) is 78.9 cm³/mol. The molecule has 3 rings (SSSR count). The molecule has 4 nitrogen and oxygen atoms in total. The van der Waals surface area contributed by atoms with Crippen molar-refractivity contribution in [3.05, 3.63) is 52.8 Å². The highest BCUT2D eigenvalue weighted by atomic mass is 35.5. The van der Waals surface area contributed by atoms with Gasteiger partial charge in [0.05, 0.1) is 12.2 Å². The number of hydrogen-bond acceptors (Lipinski definition) is 3. The second-order valence-corrected chi connectivity index (χ2v) is 5.21. The van der Waals surface area contributed by atoms with Crippen molar-refractivity contribution < 1.29 is 13.9 Å². The summed E-state index contributed by atoms with van der Waals surface area (Å²) in [5.41, 5.74) is 7.12. The fourth-order valence-corrected chi connectivity index (χ4v) is 2.46. The summed E-state index contributed by atoms with van der Waals surface area (Å²) in [6.07, 6.45) is 0. The molecule has 0 saturated heterocycles. The zero-order chi connectivity index (χ0) is 15.0. The van der Waals surface area contributed by atoms with Gasteiger partial charge in [0.1, 0.15) is 11.6 Å². The maximum absolute atomic E-state index is 13.4. The first-order chi connectivity index (χ1) is 10.0. The van der Waals surface area contributed by atoms with E-state index in [9.17, 15) is 9.18 Å². The first-order valence-electron chi connectivity index (χ1n) is 6.30. The number of carbonyl (C=O) groups excluding carboxylic acids is 1. The minimum atomic E-state index is -0.433. The fraction of sp³-hybridized carbons (Fsp3) is 0.133. The van der Waals surface area contributed by atoms with Crippen LogP contribution in [0.15, 0.2) is 36.4 Å². The molecule has 0 radical (unpaired) electrons. The van der Waals surface area contributed by atoms with Crippen molar-refractivity contribution in [1.29, 1.82) is 0 Å². The van der Waals surface area contributed by atoms with Gasteiger partial charge in [0.25, 0.3) is 5.91 Å². The summed E-state index contributed by atoms with van der Waals surface area (Å²) in [6.45, 7) is 0.150. The van der Waals surface area contributed by atoms with Crippen LogP contribution in [-0.4, -0.2) is 12.5 Å². The average Bonchev–Trinajstić information content (AvgIpc) is 2.41. The van der Waals surface area contributed by atoms with E-state index >= 15 is 0 Å². The molecule has 0 saturated carbocycles. The highest BCUT2D eigenvalue weighted by Crippen LogP contribution is 2.35. The number of anilines is 2. The van der Waals surface area contributed by atoms with Gasteiger partial charge in [-0.15, -0.1) is 0 Å². The second-order valence-electron chi connectivity index (χ2n) is 4.77. The normalized spacial score (nSPS) is 13.8. The van der Waals surface area contributed by atoms with Crippen LogP contribution in [0, 0.1) is 5.82 Å². The summed E-state index contributed by atoms with van der Waals surface area (Å²) < 4.78 is 18.8. The Labute approximate surface area is 125 Å². The van der Waals surface area contributed by atoms with Gasteiger partial charge in [0.15, 0.2) is 6.61 Å². The molecule has 0 aliphatic carbocycles. The molecular formula is C15H12ClFN2O2. The number of amides is 1. The summed E-state index contributed by atoms with van der Waals surface area (Å²) in [5.74, 6) is -0.0759. The molecule has 1 heterocycles. The van der Waals surface area contributed by atoms with E-state index in [1.165, 1.54) is 17.0 Å². The topological polar surface area (TPSA) is 55.6 Å². The van der Waals surface area contributed by atoms with E-state index in [1.807, 2.05) is 0 Å². The molecule has 2 aromatic carbocycles. The molecule has 0 bridgehead atoms. The van der Waals surface area contributed by atoms with Crippen molar-refractivity contribution in [3.8, 4) is 5.75 Å². The predicted octanol–water partition coefficient (Wildman–Crippen LogP) is 2.99. The molecule has 0 aromatic heterocycles. The number of rotatable bonds is 2. The standard InChI is InChI=1S/C15H12ClFN2O2/c16-10-1-2-14-13(5-10)19(15(20)8-21-14)7-9-3-11(17)6-12(18)4-9/h1-6H,7-8,18H2. The summed E-state index contributed by atoms with van der Waals surface area (Å²) in [6, 6.07) is 9.26. The highest BCUT2D eigenvalue weighted by Gasteiger charge is 2.26. The van der Waals surface area contributed by atoms with Gasteiger partial charge in [0.2, 0.25) is 0 Å². The Balaban J connectivity index is 1.98. The summed E-state index contributed by atoms with van der Waals surface area (Å²) in [7, 11) is 0. The van der Waals surface area contributed by atoms with Crippen LogP contribution in [0.5, 0.6) is 5.75 Å². The van der Waals surface area contributed by atoms with Crippen molar-refractivity contribution >= 4 is 28.9 Å². The maximum atomic E-state index is 13.4. The Kier molecular flexibility index (Phi) is 3.43. The highest BCUT2D eigenvalue weighted by molar-refractivity contribution is 6.31. The number of halogens is 2. The summed E-state index contributed by atoms with van der Waals surface area (Å²) >= 11 is 5.97. The van der Waals surface area contributed by atoms with E-state index in [-0.39, 0.29) is 19.1 Å². The number of nitrogens with two attached hydrogens (primary N) is 1. The molecule has 1 amide bonds. The number of nitrogen functional groups attached to an aromatic ring is 1. The molecule has 21 heavy (non-hydrogen) atoms. The first kappa shape index (κ1) is 13.7. The Morgan fingerprint density at radius 2 is 2.10 bits per heavy atom. The van der Waals surface area contributed by atoms with Gasteiger partial charge in [-0.05, 0) is 42.0 Å². The number of fused-ring (bicyclic) bond motifs is 1. The van der Waals surface area contributed by atoms with E-state index in [4.69, 9.17) is 22.1 Å². The minimum Gasteiger partial charge on any atom is -0.482 e. The summed E-state index contributed by atoms with van der Waals surface area (Å²) in [4.78, 5) is 13.6. The van der Waals surface area contributed by atoms with E-state index < -0.39 is 5.82 Å². The smallest absolute Gasteiger partial charge is 0.265 e. The van der Waals surface area contributed by atoms with Crippen molar-refractivity contribution in [1.82, 2.24) is 0 Å². The zero-order valence-electron chi connectivity index (χ0n) is 11.0. The number of hydrogen-bond donors (Lipinski definition) is 1. The Hall–Kier alpha value is -2.27. The molecule has 108 valence electrons. The van der Waals surface area contributed by atoms with Crippen LogP contribution >= 0.6 is 11.6 Å². The van der Waals surface area contributed by atoms with Gasteiger partial charge in [-0.3, -0.25) is 4.79 Å². The molecule has 0 unspecified atom stereocenters. The van der Waals surface area contributed by atoms with Crippen LogP contribution in [-0.2, 0) is 11.3 Å². The van der Waals surface area contributed by atoms with E-state index in [2.05, 4.69) is 0 Å². The van der Waals surface area contributed by atoms with Crippen molar-refractivity contribution in [2.24, 2.45) is 0 Å². The Morgan fingerprint density at radius 1 is 1.29 bits per heavy atom. The van der Waals surface area contributed by atoms with Crippen LogP contribution in [0.3, 0.4) is 0 Å². The third-order valence-electron chi connectivity index (χ3n) is 3.18. The van der Waals surface area contributed by atoms with Gasteiger partial charge in [-0.1, -0.05) is 11.6 Å². The minimum absolute atomic E-state index is 0.0561. The van der Waals surface area contributed by atoms with Gasteiger partial charge in [-0.25, -0.2) is 4.39 Å². The SMILES string of the molecule is Nc1cc(F)cc(CN2C(=O)COc3ccc(Cl)cc32)c1. The molecule has 1 aliphatic rings. The van der Waals surface area contributed by atoms with Crippen LogP contribution < -0.4 is 15.4 Å². The lowest BCUT2D eigenvalue weighted by Crippen LogP contribution is -2.38. The summed E-state index contributed by atoms with van der Waals surface area (Å²) in [5, 5.41) is 0.496. The molecule has 0 atom stereocenters. The van der Waals surface area contributed by atoms with E-state index in [0.29, 0.717) is 27.7 Å². The second kappa shape index (κ2) is 5.26. The quantitative estimate of drug-likeness (QED) is 0.868. The average molecular weight is 307 g/mol. The van der Waals surface area contributed by atoms with Gasteiger partial charge in [0, 0.05) is 10.7 Å². The number of ether oxygens (including phenoxy) is 1. The van der Waals surface area contributed by atoms with Gasteiger partial charge in [-0.2, -0.15) is 0 Å². The molecule has 0 fully saturated rings. The number of benzene rings is 2. The molecule has 0 spiro atoms. The zero-order valence-corrected chi connectivity index (χ0v) is 11.7. The third kappa shape index (κ3) is 2.78. The maximum Gasteiger partial charge on any atom is 0.265 e. The van der Waals surface area contributed by atoms with Crippen LogP contribution in [0.25, 0.3) is 0 Å². The fourth-order valence-electron chi connectivity index (χ4n) is 2.30.